The molecule has 1 fully saturated rings. The fourth-order valence-corrected chi connectivity index (χ4v) is 1.68. The third-order valence-corrected chi connectivity index (χ3v) is 1.96. The molecular formula is C11H18O2. The van der Waals surface area contributed by atoms with Crippen LogP contribution in [0.15, 0.2) is 24.3 Å². The number of hydrogen-bond donors (Lipinski definition) is 0. The lowest BCUT2D eigenvalue weighted by atomic mass is 10.0. The minimum atomic E-state index is -0.461. The highest BCUT2D eigenvalue weighted by atomic mass is 16.7. The largest absolute Gasteiger partial charge is 0.347 e. The van der Waals surface area contributed by atoms with E-state index in [0.717, 1.165) is 24.0 Å². The molecule has 2 heteroatoms. The standard InChI is InChI=1S/C11H18O2/c1-9(2)7-11(8-10(3)4)12-5-6-13-11/h1,3,5-8H2,2,4H3. The second-order valence-corrected chi connectivity index (χ2v) is 3.88. The summed E-state index contributed by atoms with van der Waals surface area (Å²) in [5.74, 6) is -0.461. The van der Waals surface area contributed by atoms with E-state index in [4.69, 9.17) is 9.47 Å². The highest BCUT2D eigenvalue weighted by molar-refractivity contribution is 5.02. The smallest absolute Gasteiger partial charge is 0.175 e. The van der Waals surface area contributed by atoms with Crippen molar-refractivity contribution in [2.45, 2.75) is 32.5 Å². The maximum atomic E-state index is 5.62. The van der Waals surface area contributed by atoms with Gasteiger partial charge in [0, 0.05) is 12.8 Å². The maximum absolute atomic E-state index is 5.62. The Morgan fingerprint density at radius 1 is 1.08 bits per heavy atom. The Morgan fingerprint density at radius 3 is 1.77 bits per heavy atom. The van der Waals surface area contributed by atoms with Gasteiger partial charge < -0.3 is 9.47 Å². The number of hydrogen-bond acceptors (Lipinski definition) is 2. The van der Waals surface area contributed by atoms with E-state index < -0.39 is 5.79 Å². The topological polar surface area (TPSA) is 18.5 Å². The average Bonchev–Trinajstić information content (AvgIpc) is 2.33. The summed E-state index contributed by atoms with van der Waals surface area (Å²) in [7, 11) is 0. The van der Waals surface area contributed by atoms with Crippen LogP contribution in [-0.4, -0.2) is 19.0 Å². The van der Waals surface area contributed by atoms with Gasteiger partial charge in [-0.1, -0.05) is 24.3 Å². The van der Waals surface area contributed by atoms with Gasteiger partial charge in [-0.2, -0.15) is 0 Å². The SMILES string of the molecule is C=C(C)CC1(CC(=C)C)OCCO1. The van der Waals surface area contributed by atoms with Crippen molar-refractivity contribution in [1.82, 2.24) is 0 Å². The van der Waals surface area contributed by atoms with E-state index in [0.29, 0.717) is 13.2 Å². The molecule has 13 heavy (non-hydrogen) atoms. The first-order valence-corrected chi connectivity index (χ1v) is 4.61. The average molecular weight is 182 g/mol. The van der Waals surface area contributed by atoms with E-state index in [2.05, 4.69) is 13.2 Å². The normalized spacial score (nSPS) is 20.2. The quantitative estimate of drug-likeness (QED) is 0.622. The molecule has 0 bridgehead atoms. The van der Waals surface area contributed by atoms with Crippen molar-refractivity contribution >= 4 is 0 Å². The van der Waals surface area contributed by atoms with Gasteiger partial charge in [0.05, 0.1) is 13.2 Å². The van der Waals surface area contributed by atoms with Gasteiger partial charge in [0.15, 0.2) is 5.79 Å². The Kier molecular flexibility index (Phi) is 3.28. The van der Waals surface area contributed by atoms with E-state index in [1.54, 1.807) is 0 Å². The predicted molar refractivity (Wildman–Crippen MR) is 53.5 cm³/mol. The van der Waals surface area contributed by atoms with Gasteiger partial charge in [0.2, 0.25) is 0 Å². The van der Waals surface area contributed by atoms with Gasteiger partial charge in [-0.25, -0.2) is 0 Å². The van der Waals surface area contributed by atoms with Gasteiger partial charge in [0.1, 0.15) is 0 Å². The van der Waals surface area contributed by atoms with Crippen LogP contribution in [0.3, 0.4) is 0 Å². The molecule has 0 N–H and O–H groups in total. The molecule has 1 saturated heterocycles. The van der Waals surface area contributed by atoms with Gasteiger partial charge in [0.25, 0.3) is 0 Å². The molecule has 0 aliphatic carbocycles. The second-order valence-electron chi connectivity index (χ2n) is 3.88. The summed E-state index contributed by atoms with van der Waals surface area (Å²) in [5, 5.41) is 0. The highest BCUT2D eigenvalue weighted by Crippen LogP contribution is 2.32. The van der Waals surface area contributed by atoms with E-state index in [-0.39, 0.29) is 0 Å². The van der Waals surface area contributed by atoms with Crippen molar-refractivity contribution < 1.29 is 9.47 Å². The van der Waals surface area contributed by atoms with Gasteiger partial charge >= 0.3 is 0 Å². The van der Waals surface area contributed by atoms with Crippen molar-refractivity contribution in [1.29, 1.82) is 0 Å². The Morgan fingerprint density at radius 2 is 1.46 bits per heavy atom. The first kappa shape index (κ1) is 10.5. The predicted octanol–water partition coefficient (Wildman–Crippen LogP) is 2.66. The van der Waals surface area contributed by atoms with Crippen LogP contribution in [0.5, 0.6) is 0 Å². The summed E-state index contributed by atoms with van der Waals surface area (Å²) in [6, 6.07) is 0. The molecule has 2 nitrogen and oxygen atoms in total. The van der Waals surface area contributed by atoms with Crippen LogP contribution in [0.4, 0.5) is 0 Å². The molecule has 0 amide bonds. The maximum Gasteiger partial charge on any atom is 0.175 e. The van der Waals surface area contributed by atoms with Crippen LogP contribution in [0, 0.1) is 0 Å². The number of rotatable bonds is 4. The Balaban J connectivity index is 2.62. The second kappa shape index (κ2) is 4.07. The molecule has 74 valence electrons. The fraction of sp³-hybridized carbons (Fsp3) is 0.636. The summed E-state index contributed by atoms with van der Waals surface area (Å²) in [6.45, 7) is 13.1. The van der Waals surface area contributed by atoms with Crippen LogP contribution in [0.1, 0.15) is 26.7 Å². The third-order valence-electron chi connectivity index (χ3n) is 1.96. The first-order valence-electron chi connectivity index (χ1n) is 4.61. The van der Waals surface area contributed by atoms with Crippen molar-refractivity contribution in [3.63, 3.8) is 0 Å². The van der Waals surface area contributed by atoms with Crippen molar-refractivity contribution in [2.24, 2.45) is 0 Å². The van der Waals surface area contributed by atoms with Crippen LogP contribution < -0.4 is 0 Å². The minimum Gasteiger partial charge on any atom is -0.347 e. The van der Waals surface area contributed by atoms with Gasteiger partial charge in [-0.15, -0.1) is 0 Å². The molecule has 1 rings (SSSR count). The zero-order chi connectivity index (χ0) is 9.90. The zero-order valence-electron chi connectivity index (χ0n) is 8.56. The molecule has 1 aliphatic heterocycles. The highest BCUT2D eigenvalue weighted by Gasteiger charge is 2.36. The summed E-state index contributed by atoms with van der Waals surface area (Å²) < 4.78 is 11.2. The summed E-state index contributed by atoms with van der Waals surface area (Å²) >= 11 is 0. The lowest BCUT2D eigenvalue weighted by Gasteiger charge is -2.27. The van der Waals surface area contributed by atoms with Crippen LogP contribution in [0.25, 0.3) is 0 Å². The summed E-state index contributed by atoms with van der Waals surface area (Å²) in [4.78, 5) is 0. The first-order chi connectivity index (χ1) is 6.04. The molecule has 0 aromatic heterocycles. The van der Waals surface area contributed by atoms with E-state index in [1.807, 2.05) is 13.8 Å². The van der Waals surface area contributed by atoms with Crippen molar-refractivity contribution in [3.8, 4) is 0 Å². The van der Waals surface area contributed by atoms with Crippen LogP contribution in [-0.2, 0) is 9.47 Å². The molecule has 0 atom stereocenters. The van der Waals surface area contributed by atoms with Crippen LogP contribution >= 0.6 is 0 Å². The third kappa shape index (κ3) is 2.98. The zero-order valence-corrected chi connectivity index (χ0v) is 8.56. The Hall–Kier alpha value is -0.600. The molecule has 1 heterocycles. The van der Waals surface area contributed by atoms with Crippen LogP contribution in [0.2, 0.25) is 0 Å². The molecule has 0 spiro atoms. The van der Waals surface area contributed by atoms with Crippen molar-refractivity contribution in [3.05, 3.63) is 24.3 Å². The fourth-order valence-electron chi connectivity index (χ4n) is 1.68. The summed E-state index contributed by atoms with van der Waals surface area (Å²) in [6.07, 6.45) is 1.53. The molecule has 0 aromatic rings. The summed E-state index contributed by atoms with van der Waals surface area (Å²) in [5.41, 5.74) is 2.17. The van der Waals surface area contributed by atoms with E-state index in [1.165, 1.54) is 0 Å². The van der Waals surface area contributed by atoms with Crippen molar-refractivity contribution in [2.75, 3.05) is 13.2 Å². The Bertz CT molecular complexity index is 194. The lowest BCUT2D eigenvalue weighted by Crippen LogP contribution is -2.30. The van der Waals surface area contributed by atoms with E-state index in [9.17, 15) is 0 Å². The molecule has 0 aromatic carbocycles. The molecule has 0 unspecified atom stereocenters. The van der Waals surface area contributed by atoms with Gasteiger partial charge in [-0.05, 0) is 13.8 Å². The molecular weight excluding hydrogens is 164 g/mol. The van der Waals surface area contributed by atoms with Gasteiger partial charge in [-0.3, -0.25) is 0 Å². The Labute approximate surface area is 80.2 Å². The number of ether oxygens (including phenoxy) is 2. The van der Waals surface area contributed by atoms with E-state index >= 15 is 0 Å². The minimum absolute atomic E-state index is 0.461. The molecule has 1 aliphatic rings. The molecule has 0 saturated carbocycles. The molecule has 0 radical (unpaired) electrons. The lowest BCUT2D eigenvalue weighted by molar-refractivity contribution is -0.154. The monoisotopic (exact) mass is 182 g/mol.